The second kappa shape index (κ2) is 7.97. The van der Waals surface area contributed by atoms with Crippen LogP contribution in [0.1, 0.15) is 23.8 Å². The van der Waals surface area contributed by atoms with Crippen LogP contribution in [0.3, 0.4) is 0 Å². The standard InChI is InChI=1S/C17H18IN2O8P/c1-9-3-2-4-10-7-25-29(24,28-15(9)10)26-8-13-12(21)5-14(27-13)20-6-11(18)16(22)19-17(20)23/h2-4,6,12-14,21H,5,7-8H2,1H3,(H,19,22,23)/t12-,13+,14+,29-/m0/s1. The molecule has 4 atom stereocenters. The maximum Gasteiger partial charge on any atom is 0.530 e. The molecule has 1 aromatic carbocycles. The summed E-state index contributed by atoms with van der Waals surface area (Å²) in [5.74, 6) is 0.460. The molecule has 0 radical (unpaired) electrons. The minimum absolute atomic E-state index is 0.0796. The number of aryl methyl sites for hydroxylation is 1. The third-order valence-electron chi connectivity index (χ3n) is 4.71. The van der Waals surface area contributed by atoms with E-state index in [1.165, 1.54) is 10.8 Å². The van der Waals surface area contributed by atoms with Gasteiger partial charge in [-0.15, -0.1) is 0 Å². The van der Waals surface area contributed by atoms with Gasteiger partial charge in [0.1, 0.15) is 18.1 Å². The topological polar surface area (TPSA) is 129 Å². The van der Waals surface area contributed by atoms with E-state index in [4.69, 9.17) is 18.3 Å². The SMILES string of the molecule is Cc1cccc2c1O[P@](=O)(OC[C@H]1O[C@@H](n3cc(I)c(=O)[nH]c3=O)C[C@@H]1O)OC2. The second-order valence-corrected chi connectivity index (χ2v) is 9.50. The molecule has 0 spiro atoms. The molecule has 2 N–H and O–H groups in total. The summed E-state index contributed by atoms with van der Waals surface area (Å²) in [7, 11) is -3.88. The Bertz CT molecular complexity index is 1100. The highest BCUT2D eigenvalue weighted by Crippen LogP contribution is 2.55. The van der Waals surface area contributed by atoms with Gasteiger partial charge in [-0.3, -0.25) is 23.4 Å². The van der Waals surface area contributed by atoms with Crippen molar-refractivity contribution in [2.45, 2.75) is 38.4 Å². The molecule has 2 aliphatic rings. The number of aliphatic hydroxyl groups excluding tert-OH is 1. The molecule has 0 bridgehead atoms. The Balaban J connectivity index is 1.44. The number of hydrogen-bond donors (Lipinski definition) is 2. The number of hydrogen-bond acceptors (Lipinski definition) is 8. The summed E-state index contributed by atoms with van der Waals surface area (Å²) in [5.41, 5.74) is 0.432. The second-order valence-electron chi connectivity index (χ2n) is 6.75. The van der Waals surface area contributed by atoms with Crippen molar-refractivity contribution < 1.29 is 28.0 Å². The molecular weight excluding hydrogens is 518 g/mol. The van der Waals surface area contributed by atoms with E-state index in [0.717, 1.165) is 11.1 Å². The van der Waals surface area contributed by atoms with E-state index < -0.39 is 37.5 Å². The average molecular weight is 536 g/mol. The number of ether oxygens (including phenoxy) is 1. The van der Waals surface area contributed by atoms with Gasteiger partial charge in [-0.2, -0.15) is 0 Å². The fraction of sp³-hybridized carbons (Fsp3) is 0.412. The monoisotopic (exact) mass is 536 g/mol. The highest BCUT2D eigenvalue weighted by Gasteiger charge is 2.40. The van der Waals surface area contributed by atoms with Gasteiger partial charge in [0.15, 0.2) is 0 Å². The molecule has 2 aliphatic heterocycles. The zero-order valence-electron chi connectivity index (χ0n) is 15.2. The molecule has 0 unspecified atom stereocenters. The van der Waals surface area contributed by atoms with Crippen LogP contribution in [0.15, 0.2) is 34.0 Å². The fourth-order valence-electron chi connectivity index (χ4n) is 3.18. The first-order chi connectivity index (χ1) is 13.8. The number of halogens is 1. The Kier molecular flexibility index (Phi) is 5.70. The first-order valence-electron chi connectivity index (χ1n) is 8.77. The van der Waals surface area contributed by atoms with E-state index in [2.05, 4.69) is 4.98 Å². The number of H-pyrrole nitrogens is 1. The van der Waals surface area contributed by atoms with Gasteiger partial charge < -0.3 is 14.4 Å². The van der Waals surface area contributed by atoms with Crippen LogP contribution in [0.25, 0.3) is 0 Å². The van der Waals surface area contributed by atoms with Crippen LogP contribution in [0.5, 0.6) is 5.75 Å². The maximum atomic E-state index is 12.8. The Morgan fingerprint density at radius 2 is 2.21 bits per heavy atom. The summed E-state index contributed by atoms with van der Waals surface area (Å²) in [6.45, 7) is 1.65. The number of phosphoric ester groups is 1. The zero-order chi connectivity index (χ0) is 20.8. The van der Waals surface area contributed by atoms with Gasteiger partial charge in [0.2, 0.25) is 0 Å². The van der Waals surface area contributed by atoms with Crippen molar-refractivity contribution in [3.05, 3.63) is 59.9 Å². The van der Waals surface area contributed by atoms with Crippen molar-refractivity contribution in [3.8, 4) is 5.75 Å². The number of aromatic amines is 1. The summed E-state index contributed by atoms with van der Waals surface area (Å²) in [6, 6.07) is 5.48. The van der Waals surface area contributed by atoms with Crippen LogP contribution in [-0.2, 0) is 25.0 Å². The van der Waals surface area contributed by atoms with Gasteiger partial charge in [-0.05, 0) is 35.1 Å². The number of para-hydroxylation sites is 1. The number of nitrogens with zero attached hydrogens (tertiary/aromatic N) is 1. The molecule has 4 rings (SSSR count). The molecular formula is C17H18IN2O8P. The average Bonchev–Trinajstić information content (AvgIpc) is 3.04. The molecule has 1 fully saturated rings. The van der Waals surface area contributed by atoms with Crippen LogP contribution in [0.2, 0.25) is 0 Å². The van der Waals surface area contributed by atoms with E-state index in [1.54, 1.807) is 22.6 Å². The predicted molar refractivity (Wildman–Crippen MR) is 109 cm³/mol. The van der Waals surface area contributed by atoms with Crippen LogP contribution in [0.4, 0.5) is 0 Å². The maximum absolute atomic E-state index is 12.8. The largest absolute Gasteiger partial charge is 0.530 e. The molecule has 10 nitrogen and oxygen atoms in total. The van der Waals surface area contributed by atoms with Gasteiger partial charge in [0.25, 0.3) is 5.56 Å². The van der Waals surface area contributed by atoms with Crippen LogP contribution in [0, 0.1) is 10.5 Å². The Morgan fingerprint density at radius 1 is 1.41 bits per heavy atom. The summed E-state index contributed by atoms with van der Waals surface area (Å²) in [5, 5.41) is 10.3. The van der Waals surface area contributed by atoms with Gasteiger partial charge >= 0.3 is 13.5 Å². The molecule has 1 saturated heterocycles. The Morgan fingerprint density at radius 3 is 3.00 bits per heavy atom. The lowest BCUT2D eigenvalue weighted by atomic mass is 10.1. The minimum Gasteiger partial charge on any atom is -0.403 e. The highest BCUT2D eigenvalue weighted by atomic mass is 127. The molecule has 0 saturated carbocycles. The predicted octanol–water partition coefficient (Wildman–Crippen LogP) is 1.83. The van der Waals surface area contributed by atoms with E-state index >= 15 is 0 Å². The van der Waals surface area contributed by atoms with Crippen LogP contribution in [-0.4, -0.2) is 33.5 Å². The lowest BCUT2D eigenvalue weighted by molar-refractivity contribution is -0.0469. The fourth-order valence-corrected chi connectivity index (χ4v) is 4.91. The number of aliphatic hydroxyl groups is 1. The summed E-state index contributed by atoms with van der Waals surface area (Å²) in [6.07, 6.45) is -1.16. The van der Waals surface area contributed by atoms with Crippen molar-refractivity contribution >= 4 is 30.4 Å². The molecule has 1 aromatic heterocycles. The molecule has 0 aliphatic carbocycles. The minimum atomic E-state index is -3.88. The third-order valence-corrected chi connectivity index (χ3v) is 6.80. The highest BCUT2D eigenvalue weighted by molar-refractivity contribution is 14.1. The van der Waals surface area contributed by atoms with Gasteiger partial charge in [0.05, 0.1) is 22.9 Å². The van der Waals surface area contributed by atoms with Gasteiger partial charge in [0, 0.05) is 18.2 Å². The number of aromatic nitrogens is 2. The van der Waals surface area contributed by atoms with Crippen molar-refractivity contribution in [1.82, 2.24) is 9.55 Å². The van der Waals surface area contributed by atoms with Crippen molar-refractivity contribution in [2.75, 3.05) is 6.61 Å². The smallest absolute Gasteiger partial charge is 0.403 e. The van der Waals surface area contributed by atoms with Crippen molar-refractivity contribution in [3.63, 3.8) is 0 Å². The number of rotatable bonds is 4. The number of benzene rings is 1. The summed E-state index contributed by atoms with van der Waals surface area (Å²) >= 11 is 1.80. The number of nitrogens with one attached hydrogen (secondary N) is 1. The zero-order valence-corrected chi connectivity index (χ0v) is 18.3. The molecule has 29 heavy (non-hydrogen) atoms. The molecule has 12 heteroatoms. The lowest BCUT2D eigenvalue weighted by Gasteiger charge is -2.27. The quantitative estimate of drug-likeness (QED) is 0.448. The van der Waals surface area contributed by atoms with Gasteiger partial charge in [-0.25, -0.2) is 9.36 Å². The summed E-state index contributed by atoms with van der Waals surface area (Å²) in [4.78, 5) is 25.7. The van der Waals surface area contributed by atoms with E-state index in [9.17, 15) is 19.3 Å². The molecule has 0 amide bonds. The Hall–Kier alpha value is -1.50. The van der Waals surface area contributed by atoms with E-state index in [0.29, 0.717) is 9.32 Å². The van der Waals surface area contributed by atoms with E-state index in [-0.39, 0.29) is 19.6 Å². The first-order valence-corrected chi connectivity index (χ1v) is 11.3. The van der Waals surface area contributed by atoms with Gasteiger partial charge in [-0.1, -0.05) is 18.2 Å². The van der Waals surface area contributed by atoms with Crippen molar-refractivity contribution in [1.29, 1.82) is 0 Å². The third kappa shape index (κ3) is 4.21. The Labute approximate surface area is 178 Å². The molecule has 2 aromatic rings. The molecule has 156 valence electrons. The first kappa shape index (κ1) is 20.8. The van der Waals surface area contributed by atoms with E-state index in [1.807, 2.05) is 25.1 Å². The normalized spacial score (nSPS) is 28.7. The number of fused-ring (bicyclic) bond motifs is 1. The lowest BCUT2D eigenvalue weighted by Crippen LogP contribution is -2.33. The molecule has 3 heterocycles. The van der Waals surface area contributed by atoms with Crippen LogP contribution >= 0.6 is 30.4 Å². The van der Waals surface area contributed by atoms with Crippen LogP contribution < -0.4 is 15.8 Å². The number of phosphoric acid groups is 1. The summed E-state index contributed by atoms with van der Waals surface area (Å²) < 4.78 is 36.1. The van der Waals surface area contributed by atoms with Crippen molar-refractivity contribution in [2.24, 2.45) is 0 Å².